The maximum absolute atomic E-state index is 13.9. The van der Waals surface area contributed by atoms with Gasteiger partial charge in [0.15, 0.2) is 0 Å². The molecule has 0 aromatic heterocycles. The van der Waals surface area contributed by atoms with Gasteiger partial charge >= 0.3 is 0 Å². The first-order chi connectivity index (χ1) is 9.02. The Kier molecular flexibility index (Phi) is 5.80. The third-order valence-corrected chi connectivity index (χ3v) is 3.02. The Morgan fingerprint density at radius 2 is 2.05 bits per heavy atom. The number of hydrogen-bond acceptors (Lipinski definition) is 2. The molecule has 19 heavy (non-hydrogen) atoms. The Hall–Kier alpha value is -1.58. The van der Waals surface area contributed by atoms with Crippen LogP contribution in [0.5, 0.6) is 0 Å². The zero-order valence-electron chi connectivity index (χ0n) is 12.2. The van der Waals surface area contributed by atoms with Crippen molar-refractivity contribution in [3.05, 3.63) is 29.6 Å². The molecule has 1 rings (SSSR count). The molecule has 106 valence electrons. The van der Waals surface area contributed by atoms with E-state index in [4.69, 9.17) is 0 Å². The summed E-state index contributed by atoms with van der Waals surface area (Å²) >= 11 is 0. The average Bonchev–Trinajstić information content (AvgIpc) is 2.37. The third-order valence-electron chi connectivity index (χ3n) is 3.02. The van der Waals surface area contributed by atoms with Gasteiger partial charge in [-0.2, -0.15) is 0 Å². The first kappa shape index (κ1) is 15.5. The van der Waals surface area contributed by atoms with Crippen LogP contribution < -0.4 is 5.32 Å². The van der Waals surface area contributed by atoms with E-state index in [-0.39, 0.29) is 17.8 Å². The minimum atomic E-state index is -0.376. The van der Waals surface area contributed by atoms with Gasteiger partial charge in [0.25, 0.3) is 5.91 Å². The number of benzene rings is 1. The lowest BCUT2D eigenvalue weighted by atomic mass is 10.1. The minimum Gasteiger partial charge on any atom is -0.382 e. The Morgan fingerprint density at radius 3 is 2.58 bits per heavy atom. The molecule has 1 amide bonds. The van der Waals surface area contributed by atoms with Crippen LogP contribution in [0.25, 0.3) is 0 Å². The molecule has 4 heteroatoms. The quantitative estimate of drug-likeness (QED) is 0.854. The van der Waals surface area contributed by atoms with Gasteiger partial charge in [-0.05, 0) is 39.3 Å². The molecule has 3 nitrogen and oxygen atoms in total. The van der Waals surface area contributed by atoms with Gasteiger partial charge in [0.1, 0.15) is 5.82 Å². The van der Waals surface area contributed by atoms with E-state index < -0.39 is 0 Å². The van der Waals surface area contributed by atoms with Gasteiger partial charge in [-0.25, -0.2) is 4.39 Å². The maximum Gasteiger partial charge on any atom is 0.256 e. The van der Waals surface area contributed by atoms with Crippen LogP contribution >= 0.6 is 0 Å². The Morgan fingerprint density at radius 1 is 1.37 bits per heavy atom. The van der Waals surface area contributed by atoms with Crippen LogP contribution in [0.4, 0.5) is 10.1 Å². The standard InChI is InChI=1S/C15H23FN2O/c1-5-10-17-14-12(8-7-9-13(14)16)15(19)18(6-2)11(3)4/h7-9,11,17H,5-6,10H2,1-4H3. The largest absolute Gasteiger partial charge is 0.382 e. The number of rotatable bonds is 6. The molecule has 1 N–H and O–H groups in total. The normalized spacial score (nSPS) is 10.6. The summed E-state index contributed by atoms with van der Waals surface area (Å²) in [7, 11) is 0. The second-order valence-electron chi connectivity index (χ2n) is 4.77. The third kappa shape index (κ3) is 3.69. The van der Waals surface area contributed by atoms with Crippen molar-refractivity contribution in [3.8, 4) is 0 Å². The zero-order chi connectivity index (χ0) is 14.4. The molecule has 0 spiro atoms. The van der Waals surface area contributed by atoms with Crippen LogP contribution in [-0.4, -0.2) is 29.9 Å². The number of para-hydroxylation sites is 1. The molecule has 0 radical (unpaired) electrons. The van der Waals surface area contributed by atoms with Gasteiger partial charge in [-0.3, -0.25) is 4.79 Å². The summed E-state index contributed by atoms with van der Waals surface area (Å²) in [6.07, 6.45) is 0.879. The van der Waals surface area contributed by atoms with E-state index in [2.05, 4.69) is 5.32 Å². The van der Waals surface area contributed by atoms with Crippen LogP contribution in [0.15, 0.2) is 18.2 Å². The van der Waals surface area contributed by atoms with Gasteiger partial charge in [-0.1, -0.05) is 13.0 Å². The molecule has 1 aromatic rings. The van der Waals surface area contributed by atoms with Crippen molar-refractivity contribution in [3.63, 3.8) is 0 Å². The van der Waals surface area contributed by atoms with E-state index in [1.54, 1.807) is 17.0 Å². The number of carbonyl (C=O) groups excluding carboxylic acids is 1. The molecule has 0 saturated heterocycles. The minimum absolute atomic E-state index is 0.0970. The van der Waals surface area contributed by atoms with Crippen molar-refractivity contribution < 1.29 is 9.18 Å². The molecule has 0 aliphatic carbocycles. The first-order valence-electron chi connectivity index (χ1n) is 6.86. The second-order valence-corrected chi connectivity index (χ2v) is 4.77. The summed E-state index contributed by atoms with van der Waals surface area (Å²) in [4.78, 5) is 14.2. The smallest absolute Gasteiger partial charge is 0.256 e. The lowest BCUT2D eigenvalue weighted by Gasteiger charge is -2.26. The fourth-order valence-electron chi connectivity index (χ4n) is 2.03. The van der Waals surface area contributed by atoms with Gasteiger partial charge in [0.2, 0.25) is 0 Å². The second kappa shape index (κ2) is 7.12. The molecule has 0 atom stereocenters. The van der Waals surface area contributed by atoms with Crippen molar-refractivity contribution in [2.24, 2.45) is 0 Å². The number of amides is 1. The van der Waals surface area contributed by atoms with E-state index >= 15 is 0 Å². The van der Waals surface area contributed by atoms with Crippen LogP contribution in [0, 0.1) is 5.82 Å². The van der Waals surface area contributed by atoms with E-state index in [0.717, 1.165) is 6.42 Å². The maximum atomic E-state index is 13.9. The van der Waals surface area contributed by atoms with E-state index in [1.165, 1.54) is 6.07 Å². The first-order valence-corrected chi connectivity index (χ1v) is 6.86. The van der Waals surface area contributed by atoms with Crippen molar-refractivity contribution in [2.45, 2.75) is 40.2 Å². The lowest BCUT2D eigenvalue weighted by molar-refractivity contribution is 0.0717. The van der Waals surface area contributed by atoms with Crippen molar-refractivity contribution in [2.75, 3.05) is 18.4 Å². The highest BCUT2D eigenvalue weighted by Crippen LogP contribution is 2.22. The lowest BCUT2D eigenvalue weighted by Crippen LogP contribution is -2.37. The number of carbonyl (C=O) groups is 1. The summed E-state index contributed by atoms with van der Waals surface area (Å²) in [5, 5.41) is 3.01. The van der Waals surface area contributed by atoms with Gasteiger partial charge < -0.3 is 10.2 Å². The topological polar surface area (TPSA) is 32.3 Å². The van der Waals surface area contributed by atoms with Gasteiger partial charge in [0, 0.05) is 19.1 Å². The summed E-state index contributed by atoms with van der Waals surface area (Å²) in [5.74, 6) is -0.505. The molecule has 0 aliphatic heterocycles. The highest BCUT2D eigenvalue weighted by Gasteiger charge is 2.21. The van der Waals surface area contributed by atoms with Crippen LogP contribution in [-0.2, 0) is 0 Å². The molecule has 0 bridgehead atoms. The summed E-state index contributed by atoms with van der Waals surface area (Å²) in [5.41, 5.74) is 0.720. The fraction of sp³-hybridized carbons (Fsp3) is 0.533. The van der Waals surface area contributed by atoms with E-state index in [9.17, 15) is 9.18 Å². The molecule has 0 unspecified atom stereocenters. The number of nitrogens with zero attached hydrogens (tertiary/aromatic N) is 1. The summed E-state index contributed by atoms with van der Waals surface area (Å²) < 4.78 is 13.9. The predicted octanol–water partition coefficient (Wildman–Crippen LogP) is 3.52. The molecule has 0 aliphatic rings. The summed E-state index contributed by atoms with van der Waals surface area (Å²) in [6, 6.07) is 4.72. The number of halogens is 1. The highest BCUT2D eigenvalue weighted by molar-refractivity contribution is 5.99. The molecule has 0 saturated carbocycles. The number of nitrogens with one attached hydrogen (secondary N) is 1. The van der Waals surface area contributed by atoms with Crippen molar-refractivity contribution in [1.82, 2.24) is 4.90 Å². The van der Waals surface area contributed by atoms with Crippen LogP contribution in [0.1, 0.15) is 44.5 Å². The van der Waals surface area contributed by atoms with Crippen LogP contribution in [0.3, 0.4) is 0 Å². The fourth-order valence-corrected chi connectivity index (χ4v) is 2.03. The van der Waals surface area contributed by atoms with E-state index in [0.29, 0.717) is 24.3 Å². The van der Waals surface area contributed by atoms with E-state index in [1.807, 2.05) is 27.7 Å². The van der Waals surface area contributed by atoms with Crippen LogP contribution in [0.2, 0.25) is 0 Å². The number of anilines is 1. The Labute approximate surface area is 114 Å². The molecule has 1 aromatic carbocycles. The molecule has 0 fully saturated rings. The van der Waals surface area contributed by atoms with Gasteiger partial charge in [-0.15, -0.1) is 0 Å². The van der Waals surface area contributed by atoms with Gasteiger partial charge in [0.05, 0.1) is 11.3 Å². The molecular weight excluding hydrogens is 243 g/mol. The monoisotopic (exact) mass is 266 g/mol. The SMILES string of the molecule is CCCNc1c(F)cccc1C(=O)N(CC)C(C)C. The molecule has 0 heterocycles. The predicted molar refractivity (Wildman–Crippen MR) is 77.0 cm³/mol. The molecular formula is C15H23FN2O. The highest BCUT2D eigenvalue weighted by atomic mass is 19.1. The summed E-state index contributed by atoms with van der Waals surface area (Å²) in [6.45, 7) is 9.10. The van der Waals surface area contributed by atoms with Crippen molar-refractivity contribution in [1.29, 1.82) is 0 Å². The Bertz CT molecular complexity index is 432. The average molecular weight is 266 g/mol. The Balaban J connectivity index is 3.11. The zero-order valence-corrected chi connectivity index (χ0v) is 12.2. The number of hydrogen-bond donors (Lipinski definition) is 1. The van der Waals surface area contributed by atoms with Crippen molar-refractivity contribution >= 4 is 11.6 Å².